The van der Waals surface area contributed by atoms with Crippen molar-refractivity contribution in [1.82, 2.24) is 0 Å². The van der Waals surface area contributed by atoms with E-state index in [-0.39, 0.29) is 23.1 Å². The maximum absolute atomic E-state index is 12.8. The van der Waals surface area contributed by atoms with E-state index in [2.05, 4.69) is 13.8 Å². The molecule has 0 amide bonds. The molecule has 5 heteroatoms. The van der Waals surface area contributed by atoms with Gasteiger partial charge in [-0.3, -0.25) is 4.79 Å². The highest BCUT2D eigenvalue weighted by molar-refractivity contribution is 5.69. The number of carbonyl (C=O) groups is 1. The molecule has 4 aliphatic carbocycles. The molecule has 4 saturated carbocycles. The van der Waals surface area contributed by atoms with E-state index < -0.39 is 0 Å². The van der Waals surface area contributed by atoms with Crippen LogP contribution in [-0.2, 0) is 19.0 Å². The number of unbranched alkanes of at least 4 members (excludes halogenated alkanes) is 10. The SMILES string of the molecule is CCCCCCCCOC(CCC(=O)OCC12CC3CC(CC(CO)(C3)C1)C2)OCCCCCCCC. The minimum atomic E-state index is -0.309. The molecule has 0 aromatic heterocycles. The smallest absolute Gasteiger partial charge is 0.305 e. The molecule has 2 unspecified atom stereocenters. The third-order valence-corrected chi connectivity index (χ3v) is 9.37. The third-order valence-electron chi connectivity index (χ3n) is 9.37. The van der Waals surface area contributed by atoms with Gasteiger partial charge in [-0.25, -0.2) is 0 Å². The molecule has 1 N–H and O–H groups in total. The highest BCUT2D eigenvalue weighted by Gasteiger charge is 2.57. The lowest BCUT2D eigenvalue weighted by molar-refractivity contribution is -0.174. The molecule has 216 valence electrons. The van der Waals surface area contributed by atoms with Gasteiger partial charge >= 0.3 is 5.97 Å². The maximum atomic E-state index is 12.8. The summed E-state index contributed by atoms with van der Waals surface area (Å²) in [4.78, 5) is 12.8. The number of carbonyl (C=O) groups excluding carboxylic acids is 1. The number of esters is 1. The van der Waals surface area contributed by atoms with Gasteiger partial charge in [0.1, 0.15) is 0 Å². The standard InChI is InChI=1S/C32H58O5/c1-3-5-7-9-11-13-17-35-30(36-18-14-12-10-8-6-4-2)16-15-29(34)37-26-32-22-27-19-28(23-32)21-31(20-27,24-32)25-33/h27-28,30,33H,3-26H2,1-2H3. The second-order valence-electron chi connectivity index (χ2n) is 13.0. The summed E-state index contributed by atoms with van der Waals surface area (Å²) in [7, 11) is 0. The Hall–Kier alpha value is -0.650. The second-order valence-corrected chi connectivity index (χ2v) is 13.0. The van der Waals surface area contributed by atoms with Crippen LogP contribution in [0.1, 0.15) is 142 Å². The zero-order chi connectivity index (χ0) is 26.4. The number of ether oxygens (including phenoxy) is 3. The minimum absolute atomic E-state index is 0.0936. The Balaban J connectivity index is 1.36. The molecule has 4 aliphatic rings. The topological polar surface area (TPSA) is 65.0 Å². The second kappa shape index (κ2) is 16.5. The van der Waals surface area contributed by atoms with Crippen LogP contribution in [0, 0.1) is 22.7 Å². The molecule has 2 atom stereocenters. The van der Waals surface area contributed by atoms with Gasteiger partial charge < -0.3 is 19.3 Å². The van der Waals surface area contributed by atoms with Crippen molar-refractivity contribution < 1.29 is 24.1 Å². The summed E-state index contributed by atoms with van der Waals surface area (Å²) >= 11 is 0. The molecule has 4 fully saturated rings. The first-order chi connectivity index (χ1) is 18.0. The van der Waals surface area contributed by atoms with Crippen LogP contribution in [0.4, 0.5) is 0 Å². The predicted molar refractivity (Wildman–Crippen MR) is 149 cm³/mol. The Morgan fingerprint density at radius 3 is 1.84 bits per heavy atom. The van der Waals surface area contributed by atoms with Crippen LogP contribution < -0.4 is 0 Å². The maximum Gasteiger partial charge on any atom is 0.305 e. The van der Waals surface area contributed by atoms with Gasteiger partial charge in [-0.2, -0.15) is 0 Å². The van der Waals surface area contributed by atoms with E-state index in [0.29, 0.717) is 51.1 Å². The van der Waals surface area contributed by atoms with Crippen molar-refractivity contribution in [2.45, 2.75) is 149 Å². The van der Waals surface area contributed by atoms with Crippen LogP contribution in [0.15, 0.2) is 0 Å². The summed E-state index contributed by atoms with van der Waals surface area (Å²) in [6.45, 7) is 6.73. The van der Waals surface area contributed by atoms with Crippen LogP contribution in [0.25, 0.3) is 0 Å². The van der Waals surface area contributed by atoms with E-state index >= 15 is 0 Å². The molecular weight excluding hydrogens is 464 g/mol. The molecule has 37 heavy (non-hydrogen) atoms. The van der Waals surface area contributed by atoms with Crippen molar-refractivity contribution in [3.8, 4) is 0 Å². The third kappa shape index (κ3) is 10.4. The molecular formula is C32H58O5. The van der Waals surface area contributed by atoms with Crippen LogP contribution in [0.3, 0.4) is 0 Å². The molecule has 5 nitrogen and oxygen atoms in total. The fraction of sp³-hybridized carbons (Fsp3) is 0.969. The Labute approximate surface area is 227 Å². The summed E-state index contributed by atoms with van der Waals surface area (Å²) in [5.41, 5.74) is 0.195. The summed E-state index contributed by atoms with van der Waals surface area (Å²) in [5, 5.41) is 10.1. The summed E-state index contributed by atoms with van der Waals surface area (Å²) in [6.07, 6.45) is 22.5. The highest BCUT2D eigenvalue weighted by atomic mass is 16.7. The summed E-state index contributed by atoms with van der Waals surface area (Å²) < 4.78 is 18.1. The van der Waals surface area contributed by atoms with Gasteiger partial charge in [0.25, 0.3) is 0 Å². The largest absolute Gasteiger partial charge is 0.465 e. The predicted octanol–water partition coefficient (Wildman–Crippen LogP) is 7.97. The van der Waals surface area contributed by atoms with Crippen LogP contribution >= 0.6 is 0 Å². The number of hydrogen-bond donors (Lipinski definition) is 1. The van der Waals surface area contributed by atoms with Gasteiger partial charge in [-0.1, -0.05) is 78.1 Å². The first-order valence-electron chi connectivity index (χ1n) is 16.0. The van der Waals surface area contributed by atoms with E-state index in [1.807, 2.05) is 0 Å². The Kier molecular flexibility index (Phi) is 13.7. The molecule has 0 radical (unpaired) electrons. The molecule has 0 aromatic rings. The van der Waals surface area contributed by atoms with Crippen molar-refractivity contribution in [3.63, 3.8) is 0 Å². The Bertz CT molecular complexity index is 603. The first-order valence-corrected chi connectivity index (χ1v) is 16.0. The Morgan fingerprint density at radius 1 is 0.784 bits per heavy atom. The van der Waals surface area contributed by atoms with E-state index in [1.165, 1.54) is 96.3 Å². The average molecular weight is 523 g/mol. The van der Waals surface area contributed by atoms with Gasteiger partial charge in [0.2, 0.25) is 0 Å². The normalized spacial score (nSPS) is 28.3. The molecule has 4 rings (SSSR count). The molecule has 0 aliphatic heterocycles. The first kappa shape index (κ1) is 30.9. The lowest BCUT2D eigenvalue weighted by atomic mass is 9.44. The molecule has 0 spiro atoms. The minimum Gasteiger partial charge on any atom is -0.465 e. The van der Waals surface area contributed by atoms with Gasteiger partial charge in [-0.15, -0.1) is 0 Å². The molecule has 4 bridgehead atoms. The Morgan fingerprint density at radius 2 is 1.30 bits per heavy atom. The monoisotopic (exact) mass is 522 g/mol. The van der Waals surface area contributed by atoms with Crippen molar-refractivity contribution in [2.75, 3.05) is 26.4 Å². The van der Waals surface area contributed by atoms with Gasteiger partial charge in [-0.05, 0) is 68.6 Å². The number of rotatable bonds is 22. The van der Waals surface area contributed by atoms with E-state index in [1.54, 1.807) is 0 Å². The van der Waals surface area contributed by atoms with Crippen molar-refractivity contribution in [1.29, 1.82) is 0 Å². The van der Waals surface area contributed by atoms with E-state index in [0.717, 1.165) is 19.3 Å². The van der Waals surface area contributed by atoms with Crippen molar-refractivity contribution in [2.24, 2.45) is 22.7 Å². The van der Waals surface area contributed by atoms with Crippen molar-refractivity contribution in [3.05, 3.63) is 0 Å². The van der Waals surface area contributed by atoms with Gasteiger partial charge in [0.05, 0.1) is 13.0 Å². The van der Waals surface area contributed by atoms with Crippen LogP contribution in [0.2, 0.25) is 0 Å². The number of aliphatic hydroxyl groups is 1. The zero-order valence-electron chi connectivity index (χ0n) is 24.3. The zero-order valence-corrected chi connectivity index (χ0v) is 24.3. The summed E-state index contributed by atoms with van der Waals surface area (Å²) in [6, 6.07) is 0. The molecule has 0 saturated heterocycles. The average Bonchev–Trinajstić information content (AvgIpc) is 2.88. The highest BCUT2D eigenvalue weighted by Crippen LogP contribution is 2.65. The number of aliphatic hydroxyl groups excluding tert-OH is 1. The van der Waals surface area contributed by atoms with Crippen LogP contribution in [0.5, 0.6) is 0 Å². The lowest BCUT2D eigenvalue weighted by Crippen LogP contribution is -2.55. The summed E-state index contributed by atoms with van der Waals surface area (Å²) in [5.74, 6) is 1.30. The molecule has 0 heterocycles. The lowest BCUT2D eigenvalue weighted by Gasteiger charge is -2.61. The van der Waals surface area contributed by atoms with Crippen LogP contribution in [-0.4, -0.2) is 43.8 Å². The quantitative estimate of drug-likeness (QED) is 0.0887. The number of hydrogen-bond acceptors (Lipinski definition) is 5. The van der Waals surface area contributed by atoms with Gasteiger partial charge in [0, 0.05) is 31.7 Å². The van der Waals surface area contributed by atoms with Crippen molar-refractivity contribution >= 4 is 5.97 Å². The fourth-order valence-electron chi connectivity index (χ4n) is 7.95. The van der Waals surface area contributed by atoms with Gasteiger partial charge in [0.15, 0.2) is 6.29 Å². The van der Waals surface area contributed by atoms with E-state index in [4.69, 9.17) is 14.2 Å². The molecule has 0 aromatic carbocycles. The van der Waals surface area contributed by atoms with E-state index in [9.17, 15) is 9.90 Å². The fourth-order valence-corrected chi connectivity index (χ4v) is 7.95.